The lowest BCUT2D eigenvalue weighted by Crippen LogP contribution is -2.21. The fraction of sp³-hybridized carbons (Fsp3) is 0.375. The van der Waals surface area contributed by atoms with E-state index in [0.29, 0.717) is 5.82 Å². The number of aromatic nitrogens is 2. The number of nitrogens with one attached hydrogen (secondary N) is 1. The van der Waals surface area contributed by atoms with Crippen molar-refractivity contribution in [2.75, 3.05) is 23.3 Å². The van der Waals surface area contributed by atoms with Gasteiger partial charge in [0, 0.05) is 18.8 Å². The minimum Gasteiger partial charge on any atom is -0.351 e. The third-order valence-corrected chi connectivity index (χ3v) is 3.88. The molecule has 0 bridgehead atoms. The Balaban J connectivity index is 2.01. The smallest absolute Gasteiger partial charge is 0.351 e. The summed E-state index contributed by atoms with van der Waals surface area (Å²) in [6.45, 7) is 5.56. The number of aryl methyl sites for hydroxylation is 2. The summed E-state index contributed by atoms with van der Waals surface area (Å²) in [5, 5.41) is 14.7. The molecule has 7 heteroatoms. The first kappa shape index (κ1) is 15.2. The summed E-state index contributed by atoms with van der Waals surface area (Å²) in [5.41, 5.74) is 2.90. The fourth-order valence-electron chi connectivity index (χ4n) is 2.97. The predicted molar refractivity (Wildman–Crippen MR) is 89.3 cm³/mol. The van der Waals surface area contributed by atoms with Crippen LogP contribution in [-0.4, -0.2) is 28.0 Å². The van der Waals surface area contributed by atoms with Crippen molar-refractivity contribution in [3.8, 4) is 0 Å². The zero-order valence-electron chi connectivity index (χ0n) is 13.2. The van der Waals surface area contributed by atoms with Crippen LogP contribution in [0.1, 0.15) is 24.0 Å². The molecule has 1 saturated heterocycles. The first-order valence-electron chi connectivity index (χ1n) is 7.64. The molecular weight excluding hydrogens is 294 g/mol. The van der Waals surface area contributed by atoms with Crippen LogP contribution in [0.5, 0.6) is 0 Å². The summed E-state index contributed by atoms with van der Waals surface area (Å²) in [6, 6.07) is 5.93. The van der Waals surface area contributed by atoms with Crippen molar-refractivity contribution in [2.24, 2.45) is 0 Å². The third-order valence-electron chi connectivity index (χ3n) is 3.88. The van der Waals surface area contributed by atoms with Gasteiger partial charge in [-0.3, -0.25) is 10.1 Å². The molecule has 1 aliphatic heterocycles. The second-order valence-corrected chi connectivity index (χ2v) is 5.85. The van der Waals surface area contributed by atoms with Crippen LogP contribution in [0.25, 0.3) is 0 Å². The van der Waals surface area contributed by atoms with Crippen molar-refractivity contribution in [1.82, 2.24) is 9.97 Å². The Hall–Kier alpha value is -2.70. The summed E-state index contributed by atoms with van der Waals surface area (Å²) in [5.74, 6) is 0.631. The lowest BCUT2D eigenvalue weighted by Gasteiger charge is -2.17. The molecule has 0 radical (unpaired) electrons. The second-order valence-electron chi connectivity index (χ2n) is 5.85. The van der Waals surface area contributed by atoms with E-state index in [-0.39, 0.29) is 11.5 Å². The van der Waals surface area contributed by atoms with Gasteiger partial charge in [-0.2, -0.15) is 0 Å². The second kappa shape index (κ2) is 6.20. The monoisotopic (exact) mass is 313 g/mol. The molecule has 0 unspecified atom stereocenters. The highest BCUT2D eigenvalue weighted by atomic mass is 16.6. The van der Waals surface area contributed by atoms with Crippen LogP contribution < -0.4 is 10.2 Å². The fourth-order valence-corrected chi connectivity index (χ4v) is 2.97. The Labute approximate surface area is 134 Å². The Kier molecular flexibility index (Phi) is 4.10. The van der Waals surface area contributed by atoms with E-state index in [1.165, 1.54) is 6.33 Å². The Bertz CT molecular complexity index is 721. The average Bonchev–Trinajstić information content (AvgIpc) is 2.99. The van der Waals surface area contributed by atoms with Crippen molar-refractivity contribution < 1.29 is 4.92 Å². The Morgan fingerprint density at radius 1 is 1.13 bits per heavy atom. The van der Waals surface area contributed by atoms with Gasteiger partial charge >= 0.3 is 5.69 Å². The molecule has 120 valence electrons. The molecule has 1 aromatic heterocycles. The first-order chi connectivity index (χ1) is 11.0. The molecule has 0 saturated carbocycles. The van der Waals surface area contributed by atoms with Crippen LogP contribution in [0.15, 0.2) is 24.5 Å². The van der Waals surface area contributed by atoms with E-state index >= 15 is 0 Å². The SMILES string of the molecule is Cc1cc(C)cc(Nc2ncnc(N3CCCC3)c2[N+](=O)[O-])c1. The van der Waals surface area contributed by atoms with Crippen molar-refractivity contribution in [1.29, 1.82) is 0 Å². The van der Waals surface area contributed by atoms with Gasteiger partial charge in [0.15, 0.2) is 0 Å². The number of rotatable bonds is 4. The molecule has 3 rings (SSSR count). The van der Waals surface area contributed by atoms with Gasteiger partial charge in [0.25, 0.3) is 0 Å². The van der Waals surface area contributed by atoms with Crippen molar-refractivity contribution >= 4 is 23.0 Å². The molecule has 2 heterocycles. The highest BCUT2D eigenvalue weighted by Crippen LogP contribution is 2.35. The van der Waals surface area contributed by atoms with Crippen molar-refractivity contribution in [3.05, 3.63) is 45.8 Å². The summed E-state index contributed by atoms with van der Waals surface area (Å²) >= 11 is 0. The number of hydrogen-bond donors (Lipinski definition) is 1. The molecule has 0 aliphatic carbocycles. The van der Waals surface area contributed by atoms with Crippen LogP contribution in [0.3, 0.4) is 0 Å². The van der Waals surface area contributed by atoms with Crippen LogP contribution in [0, 0.1) is 24.0 Å². The molecule has 0 atom stereocenters. The highest BCUT2D eigenvalue weighted by molar-refractivity contribution is 5.74. The van der Waals surface area contributed by atoms with Crippen molar-refractivity contribution in [3.63, 3.8) is 0 Å². The molecule has 0 amide bonds. The maximum atomic E-state index is 11.6. The van der Waals surface area contributed by atoms with Gasteiger partial charge in [0.2, 0.25) is 11.6 Å². The number of hydrogen-bond acceptors (Lipinski definition) is 6. The number of nitro groups is 1. The zero-order chi connectivity index (χ0) is 16.4. The first-order valence-corrected chi connectivity index (χ1v) is 7.64. The minimum atomic E-state index is -0.404. The lowest BCUT2D eigenvalue weighted by molar-refractivity contribution is -0.383. The van der Waals surface area contributed by atoms with E-state index < -0.39 is 4.92 Å². The summed E-state index contributed by atoms with van der Waals surface area (Å²) in [7, 11) is 0. The van der Waals surface area contributed by atoms with E-state index in [2.05, 4.69) is 21.4 Å². The molecule has 0 spiro atoms. The van der Waals surface area contributed by atoms with E-state index in [1.807, 2.05) is 30.9 Å². The van der Waals surface area contributed by atoms with Crippen LogP contribution in [0.2, 0.25) is 0 Å². The summed E-state index contributed by atoms with van der Waals surface area (Å²) in [4.78, 5) is 21.4. The zero-order valence-corrected chi connectivity index (χ0v) is 13.2. The minimum absolute atomic E-state index is 0.0615. The van der Waals surface area contributed by atoms with E-state index in [0.717, 1.165) is 42.7 Å². The molecule has 1 fully saturated rings. The maximum Gasteiger partial charge on any atom is 0.353 e. The Morgan fingerprint density at radius 3 is 2.39 bits per heavy atom. The molecular formula is C16H19N5O2. The molecule has 1 N–H and O–H groups in total. The highest BCUT2D eigenvalue weighted by Gasteiger charge is 2.28. The summed E-state index contributed by atoms with van der Waals surface area (Å²) in [6.07, 6.45) is 3.44. The quantitative estimate of drug-likeness (QED) is 0.688. The van der Waals surface area contributed by atoms with Gasteiger partial charge in [0.1, 0.15) is 6.33 Å². The van der Waals surface area contributed by atoms with Crippen LogP contribution in [0.4, 0.5) is 23.0 Å². The van der Waals surface area contributed by atoms with Gasteiger partial charge in [-0.1, -0.05) is 6.07 Å². The normalized spacial score (nSPS) is 14.1. The third kappa shape index (κ3) is 3.23. The number of anilines is 3. The molecule has 7 nitrogen and oxygen atoms in total. The van der Waals surface area contributed by atoms with Crippen LogP contribution in [-0.2, 0) is 0 Å². The average molecular weight is 313 g/mol. The van der Waals surface area contributed by atoms with E-state index in [4.69, 9.17) is 0 Å². The van der Waals surface area contributed by atoms with Gasteiger partial charge in [-0.15, -0.1) is 0 Å². The summed E-state index contributed by atoms with van der Waals surface area (Å²) < 4.78 is 0. The molecule has 23 heavy (non-hydrogen) atoms. The standard InChI is InChI=1S/C16H19N5O2/c1-11-7-12(2)9-13(8-11)19-15-14(21(22)23)16(18-10-17-15)20-5-3-4-6-20/h7-10H,3-6H2,1-2H3,(H,17,18,19). The molecule has 1 aromatic carbocycles. The number of benzene rings is 1. The van der Waals surface area contributed by atoms with Crippen molar-refractivity contribution in [2.45, 2.75) is 26.7 Å². The van der Waals surface area contributed by atoms with Crippen LogP contribution >= 0.6 is 0 Å². The van der Waals surface area contributed by atoms with Gasteiger partial charge in [-0.25, -0.2) is 9.97 Å². The van der Waals surface area contributed by atoms with E-state index in [1.54, 1.807) is 0 Å². The Morgan fingerprint density at radius 2 is 1.78 bits per heavy atom. The lowest BCUT2D eigenvalue weighted by atomic mass is 10.1. The topological polar surface area (TPSA) is 84.2 Å². The van der Waals surface area contributed by atoms with Gasteiger partial charge in [-0.05, 0) is 49.9 Å². The molecule has 2 aromatic rings. The van der Waals surface area contributed by atoms with E-state index in [9.17, 15) is 10.1 Å². The maximum absolute atomic E-state index is 11.6. The molecule has 1 aliphatic rings. The van der Waals surface area contributed by atoms with Gasteiger partial charge in [0.05, 0.1) is 4.92 Å². The number of nitrogens with zero attached hydrogens (tertiary/aromatic N) is 4. The largest absolute Gasteiger partial charge is 0.353 e. The van der Waals surface area contributed by atoms with Gasteiger partial charge < -0.3 is 10.2 Å². The predicted octanol–water partition coefficient (Wildman–Crippen LogP) is 3.35.